The third kappa shape index (κ3) is 0.904. The van der Waals surface area contributed by atoms with Crippen LogP contribution in [0.2, 0.25) is 0 Å². The molecule has 0 aromatic rings. The Morgan fingerprint density at radius 3 is 2.70 bits per heavy atom. The van der Waals surface area contributed by atoms with Gasteiger partial charge in [-0.3, -0.25) is 4.79 Å². The minimum atomic E-state index is -0.785. The summed E-state index contributed by atoms with van der Waals surface area (Å²) in [7, 11) is 0. The zero-order valence-corrected chi connectivity index (χ0v) is 6.35. The molecule has 1 aliphatic rings. The van der Waals surface area contributed by atoms with Gasteiger partial charge in [-0.15, -0.1) is 0 Å². The van der Waals surface area contributed by atoms with E-state index in [9.17, 15) is 4.79 Å². The zero-order chi connectivity index (χ0) is 7.78. The van der Waals surface area contributed by atoms with Crippen LogP contribution in [-0.2, 0) is 4.79 Å². The highest BCUT2D eigenvalue weighted by Gasteiger charge is 2.47. The van der Waals surface area contributed by atoms with Gasteiger partial charge in [0.1, 0.15) is 0 Å². The summed E-state index contributed by atoms with van der Waals surface area (Å²) < 4.78 is 0. The predicted octanol–water partition coefficient (Wildman–Crippen LogP) is 0.0359. The summed E-state index contributed by atoms with van der Waals surface area (Å²) in [5.41, 5.74) is -0.341. The van der Waals surface area contributed by atoms with E-state index in [1.54, 1.807) is 0 Å². The Morgan fingerprint density at radius 1 is 1.80 bits per heavy atom. The van der Waals surface area contributed by atoms with Crippen molar-refractivity contribution in [3.05, 3.63) is 0 Å². The van der Waals surface area contributed by atoms with Gasteiger partial charge in [-0.05, 0) is 13.3 Å². The maximum absolute atomic E-state index is 10.6. The first-order chi connectivity index (χ1) is 4.60. The number of amides is 1. The van der Waals surface area contributed by atoms with Crippen LogP contribution in [0.1, 0.15) is 26.7 Å². The van der Waals surface area contributed by atoms with Gasteiger partial charge in [0.25, 0.3) is 5.91 Å². The Bertz CT molecular complexity index is 158. The van der Waals surface area contributed by atoms with E-state index in [1.165, 1.54) is 0 Å². The van der Waals surface area contributed by atoms with Crippen LogP contribution in [0.15, 0.2) is 0 Å². The van der Waals surface area contributed by atoms with Crippen LogP contribution in [0.4, 0.5) is 0 Å². The van der Waals surface area contributed by atoms with Crippen LogP contribution in [0, 0.1) is 0 Å². The minimum Gasteiger partial charge on any atom is -0.381 e. The molecular weight excluding hydrogens is 130 g/mol. The van der Waals surface area contributed by atoms with Crippen LogP contribution in [0.25, 0.3) is 0 Å². The van der Waals surface area contributed by atoms with E-state index < -0.39 is 6.10 Å². The molecule has 0 saturated carbocycles. The number of hydrogen-bond donors (Lipinski definition) is 2. The highest BCUT2D eigenvalue weighted by molar-refractivity contribution is 5.89. The molecule has 1 unspecified atom stereocenters. The normalized spacial score (nSPS) is 38.7. The fraction of sp³-hybridized carbons (Fsp3) is 0.857. The smallest absolute Gasteiger partial charge is 0.251 e. The molecule has 1 rings (SSSR count). The molecule has 58 valence electrons. The number of carbonyl (C=O) groups excluding carboxylic acids is 1. The summed E-state index contributed by atoms with van der Waals surface area (Å²) >= 11 is 0. The van der Waals surface area contributed by atoms with Gasteiger partial charge in [0, 0.05) is 0 Å². The Balaban J connectivity index is 2.49. The minimum absolute atomic E-state index is 0.240. The van der Waals surface area contributed by atoms with Crippen molar-refractivity contribution in [1.82, 2.24) is 5.32 Å². The first-order valence-corrected chi connectivity index (χ1v) is 3.60. The van der Waals surface area contributed by atoms with Crippen LogP contribution < -0.4 is 5.32 Å². The quantitative estimate of drug-likeness (QED) is 0.536. The van der Waals surface area contributed by atoms with Crippen molar-refractivity contribution in [2.24, 2.45) is 0 Å². The molecule has 10 heavy (non-hydrogen) atoms. The standard InChI is InChI=1S/C7H13NO2/c1-3-4-7(2)5(9)6(10)8-7/h5,9H,3-4H2,1-2H3,(H,8,10)/t5-,7?/m0/s1. The SMILES string of the molecule is CCCC1(C)NC(=O)[C@@H]1O. The van der Waals surface area contributed by atoms with Crippen molar-refractivity contribution in [3.63, 3.8) is 0 Å². The highest BCUT2D eigenvalue weighted by atomic mass is 16.3. The van der Waals surface area contributed by atoms with E-state index in [0.717, 1.165) is 12.8 Å². The third-order valence-corrected chi connectivity index (χ3v) is 2.03. The number of nitrogens with one attached hydrogen (secondary N) is 1. The lowest BCUT2D eigenvalue weighted by atomic mass is 9.82. The Morgan fingerprint density at radius 2 is 2.40 bits per heavy atom. The zero-order valence-electron chi connectivity index (χ0n) is 6.35. The molecule has 1 aliphatic heterocycles. The van der Waals surface area contributed by atoms with Gasteiger partial charge >= 0.3 is 0 Å². The molecule has 0 spiro atoms. The fourth-order valence-electron chi connectivity index (χ4n) is 1.35. The Labute approximate surface area is 60.4 Å². The van der Waals surface area contributed by atoms with E-state index in [2.05, 4.69) is 5.32 Å². The first kappa shape index (κ1) is 7.54. The van der Waals surface area contributed by atoms with Crippen LogP contribution >= 0.6 is 0 Å². The topological polar surface area (TPSA) is 49.3 Å². The van der Waals surface area contributed by atoms with Crippen molar-refractivity contribution < 1.29 is 9.90 Å². The lowest BCUT2D eigenvalue weighted by Crippen LogP contribution is -2.71. The first-order valence-electron chi connectivity index (χ1n) is 3.60. The van der Waals surface area contributed by atoms with Crippen molar-refractivity contribution in [2.75, 3.05) is 0 Å². The number of β-lactam (4-membered cyclic amide) rings is 1. The Hall–Kier alpha value is -0.570. The molecule has 1 heterocycles. The summed E-state index contributed by atoms with van der Waals surface area (Å²) in [5.74, 6) is -0.240. The summed E-state index contributed by atoms with van der Waals surface area (Å²) in [5, 5.41) is 11.8. The molecule has 0 aliphatic carbocycles. The van der Waals surface area contributed by atoms with Gasteiger partial charge in [-0.2, -0.15) is 0 Å². The molecule has 0 bridgehead atoms. The van der Waals surface area contributed by atoms with Gasteiger partial charge < -0.3 is 10.4 Å². The monoisotopic (exact) mass is 143 g/mol. The predicted molar refractivity (Wildman–Crippen MR) is 37.5 cm³/mol. The van der Waals surface area contributed by atoms with E-state index in [1.807, 2.05) is 13.8 Å². The van der Waals surface area contributed by atoms with Crippen LogP contribution in [-0.4, -0.2) is 22.7 Å². The highest BCUT2D eigenvalue weighted by Crippen LogP contribution is 2.24. The molecule has 1 fully saturated rings. The molecule has 2 atom stereocenters. The van der Waals surface area contributed by atoms with Crippen molar-refractivity contribution in [3.8, 4) is 0 Å². The van der Waals surface area contributed by atoms with Gasteiger partial charge in [0.2, 0.25) is 0 Å². The summed E-state index contributed by atoms with van der Waals surface area (Å²) in [6.07, 6.45) is 1.04. The number of carbonyl (C=O) groups is 1. The summed E-state index contributed by atoms with van der Waals surface area (Å²) in [6.45, 7) is 3.89. The molecule has 1 amide bonds. The van der Waals surface area contributed by atoms with Gasteiger partial charge in [0.05, 0.1) is 5.54 Å². The average molecular weight is 143 g/mol. The number of rotatable bonds is 2. The Kier molecular flexibility index (Phi) is 1.68. The maximum Gasteiger partial charge on any atom is 0.251 e. The molecule has 0 radical (unpaired) electrons. The van der Waals surface area contributed by atoms with Crippen LogP contribution in [0.5, 0.6) is 0 Å². The largest absolute Gasteiger partial charge is 0.381 e. The average Bonchev–Trinajstić information content (AvgIpc) is 1.88. The molecule has 1 saturated heterocycles. The number of hydrogen-bond acceptors (Lipinski definition) is 2. The fourth-order valence-corrected chi connectivity index (χ4v) is 1.35. The van der Waals surface area contributed by atoms with Gasteiger partial charge in [0.15, 0.2) is 6.10 Å². The molecule has 2 N–H and O–H groups in total. The molecule has 0 aromatic carbocycles. The van der Waals surface area contributed by atoms with Crippen molar-refractivity contribution in [2.45, 2.75) is 38.3 Å². The summed E-state index contributed by atoms with van der Waals surface area (Å²) in [4.78, 5) is 10.6. The van der Waals surface area contributed by atoms with E-state index in [0.29, 0.717) is 0 Å². The lowest BCUT2D eigenvalue weighted by Gasteiger charge is -2.43. The van der Waals surface area contributed by atoms with Crippen molar-refractivity contribution >= 4 is 5.91 Å². The summed E-state index contributed by atoms with van der Waals surface area (Å²) in [6, 6.07) is 0. The lowest BCUT2D eigenvalue weighted by molar-refractivity contribution is -0.150. The molecular formula is C7H13NO2. The maximum atomic E-state index is 10.6. The second kappa shape index (κ2) is 2.23. The van der Waals surface area contributed by atoms with E-state index in [-0.39, 0.29) is 11.4 Å². The second-order valence-electron chi connectivity index (χ2n) is 3.06. The van der Waals surface area contributed by atoms with Gasteiger partial charge in [-0.1, -0.05) is 13.3 Å². The number of aliphatic hydroxyl groups is 1. The van der Waals surface area contributed by atoms with E-state index in [4.69, 9.17) is 5.11 Å². The van der Waals surface area contributed by atoms with Crippen LogP contribution in [0.3, 0.4) is 0 Å². The molecule has 0 aromatic heterocycles. The van der Waals surface area contributed by atoms with E-state index >= 15 is 0 Å². The van der Waals surface area contributed by atoms with Crippen molar-refractivity contribution in [1.29, 1.82) is 0 Å². The van der Waals surface area contributed by atoms with Gasteiger partial charge in [-0.25, -0.2) is 0 Å². The number of aliphatic hydroxyl groups excluding tert-OH is 1. The second-order valence-corrected chi connectivity index (χ2v) is 3.06. The molecule has 3 nitrogen and oxygen atoms in total. The third-order valence-electron chi connectivity index (χ3n) is 2.03. The molecule has 3 heteroatoms.